The van der Waals surface area contributed by atoms with Crippen LogP contribution in [0.5, 0.6) is 0 Å². The van der Waals surface area contributed by atoms with Crippen LogP contribution < -0.4 is 5.32 Å². The van der Waals surface area contributed by atoms with Gasteiger partial charge in [-0.25, -0.2) is 13.2 Å². The molecule has 0 spiro atoms. The highest BCUT2D eigenvalue weighted by atomic mass is 32.2. The number of benzene rings is 1. The lowest BCUT2D eigenvalue weighted by molar-refractivity contribution is -0.142. The Kier molecular flexibility index (Phi) is 7.55. The van der Waals surface area contributed by atoms with Crippen LogP contribution in [0.1, 0.15) is 38.2 Å². The Balaban J connectivity index is 2.07. The van der Waals surface area contributed by atoms with Crippen molar-refractivity contribution in [3.05, 3.63) is 35.9 Å². The van der Waals surface area contributed by atoms with E-state index in [0.717, 1.165) is 24.8 Å². The number of sulfonamides is 1. The third kappa shape index (κ3) is 5.90. The minimum Gasteiger partial charge on any atom is -0.452 e. The number of hydrogen-bond donors (Lipinski definition) is 1. The quantitative estimate of drug-likeness (QED) is 0.567. The number of rotatable bonds is 7. The molecule has 0 atom stereocenters. The van der Waals surface area contributed by atoms with Gasteiger partial charge >= 0.3 is 5.97 Å². The Morgan fingerprint density at radius 2 is 1.93 bits per heavy atom. The number of esters is 1. The van der Waals surface area contributed by atoms with E-state index in [4.69, 9.17) is 4.74 Å². The Morgan fingerprint density at radius 1 is 1.22 bits per heavy atom. The second kappa shape index (κ2) is 9.66. The number of anilines is 1. The van der Waals surface area contributed by atoms with Gasteiger partial charge in [-0.2, -0.15) is 4.31 Å². The number of ether oxygens (including phenoxy) is 1. The average Bonchev–Trinajstić information content (AvgIpc) is 2.67. The van der Waals surface area contributed by atoms with Crippen molar-refractivity contribution in [3.63, 3.8) is 0 Å². The second-order valence-electron chi connectivity index (χ2n) is 6.41. The largest absolute Gasteiger partial charge is 0.452 e. The van der Waals surface area contributed by atoms with Gasteiger partial charge in [0.05, 0.1) is 4.90 Å². The van der Waals surface area contributed by atoms with Gasteiger partial charge in [0.1, 0.15) is 0 Å². The van der Waals surface area contributed by atoms with Gasteiger partial charge in [-0.15, -0.1) is 0 Å². The molecule has 8 heteroatoms. The molecule has 1 heterocycles. The Morgan fingerprint density at radius 3 is 2.59 bits per heavy atom. The Labute approximate surface area is 160 Å². The van der Waals surface area contributed by atoms with Crippen LogP contribution in [0.4, 0.5) is 5.69 Å². The first-order chi connectivity index (χ1) is 12.8. The highest BCUT2D eigenvalue weighted by Gasteiger charge is 2.26. The standard InChI is InChI=1S/C19H26N2O5S/c1-3-4-8-19(23)26-14-18(22)20-17-13-16(10-9-15(17)2)27(24,25)21-11-6-5-7-12-21/h4,8-10,13H,3,5-7,11-12,14H2,1-2H3,(H,20,22)/b8-4+. The first-order valence-corrected chi connectivity index (χ1v) is 10.5. The average molecular weight is 394 g/mol. The molecule has 0 bridgehead atoms. The normalized spacial score (nSPS) is 15.6. The van der Waals surface area contributed by atoms with Crippen molar-refractivity contribution in [2.75, 3.05) is 25.0 Å². The zero-order valence-corrected chi connectivity index (χ0v) is 16.5. The summed E-state index contributed by atoms with van der Waals surface area (Å²) < 4.78 is 31.9. The minimum absolute atomic E-state index is 0.146. The maximum atomic E-state index is 12.8. The zero-order chi connectivity index (χ0) is 19.9. The van der Waals surface area contributed by atoms with E-state index in [1.165, 1.54) is 16.4 Å². The third-order valence-electron chi connectivity index (χ3n) is 4.27. The molecule has 7 nitrogen and oxygen atoms in total. The topological polar surface area (TPSA) is 92.8 Å². The van der Waals surface area contributed by atoms with Crippen LogP contribution in [0.2, 0.25) is 0 Å². The van der Waals surface area contributed by atoms with Crippen molar-refractivity contribution >= 4 is 27.6 Å². The van der Waals surface area contributed by atoms with Crippen molar-refractivity contribution in [2.24, 2.45) is 0 Å². The fraction of sp³-hybridized carbons (Fsp3) is 0.474. The first-order valence-electron chi connectivity index (χ1n) is 9.08. The molecule has 0 radical (unpaired) electrons. The summed E-state index contributed by atoms with van der Waals surface area (Å²) in [6.07, 6.45) is 6.34. The van der Waals surface area contributed by atoms with Gasteiger partial charge in [0.15, 0.2) is 6.61 Å². The predicted molar refractivity (Wildman–Crippen MR) is 103 cm³/mol. The summed E-state index contributed by atoms with van der Waals surface area (Å²) >= 11 is 0. The summed E-state index contributed by atoms with van der Waals surface area (Å²) in [7, 11) is -3.59. The van der Waals surface area contributed by atoms with Crippen LogP contribution >= 0.6 is 0 Å². The lowest BCUT2D eigenvalue weighted by atomic mass is 10.2. The van der Waals surface area contributed by atoms with Crippen molar-refractivity contribution in [1.82, 2.24) is 4.31 Å². The molecule has 0 aromatic heterocycles. The number of allylic oxidation sites excluding steroid dienone is 1. The number of hydrogen-bond acceptors (Lipinski definition) is 5. The number of carbonyl (C=O) groups excluding carboxylic acids is 2. The molecule has 1 aliphatic heterocycles. The molecule has 1 fully saturated rings. The summed E-state index contributed by atoms with van der Waals surface area (Å²) in [5.74, 6) is -1.12. The number of piperidine rings is 1. The van der Waals surface area contributed by atoms with E-state index in [1.807, 2.05) is 6.92 Å². The number of amides is 1. The van der Waals surface area contributed by atoms with Crippen LogP contribution in [-0.2, 0) is 24.3 Å². The Bertz CT molecular complexity index is 811. The Hall–Kier alpha value is -2.19. The van der Waals surface area contributed by atoms with E-state index in [-0.39, 0.29) is 4.90 Å². The fourth-order valence-electron chi connectivity index (χ4n) is 2.74. The van der Waals surface area contributed by atoms with Gasteiger partial charge in [0.2, 0.25) is 10.0 Å². The van der Waals surface area contributed by atoms with Crippen LogP contribution in [0.25, 0.3) is 0 Å². The monoisotopic (exact) mass is 394 g/mol. The smallest absolute Gasteiger partial charge is 0.330 e. The third-order valence-corrected chi connectivity index (χ3v) is 6.17. The molecule has 1 amide bonds. The highest BCUT2D eigenvalue weighted by Crippen LogP contribution is 2.25. The van der Waals surface area contributed by atoms with Crippen molar-refractivity contribution in [3.8, 4) is 0 Å². The van der Waals surface area contributed by atoms with Gasteiger partial charge in [0.25, 0.3) is 5.91 Å². The summed E-state index contributed by atoms with van der Waals surface area (Å²) in [5.41, 5.74) is 1.11. The zero-order valence-electron chi connectivity index (χ0n) is 15.7. The molecular weight excluding hydrogens is 368 g/mol. The predicted octanol–water partition coefficient (Wildman–Crippen LogP) is 2.62. The van der Waals surface area contributed by atoms with Crippen molar-refractivity contribution in [1.29, 1.82) is 0 Å². The van der Waals surface area contributed by atoms with Crippen LogP contribution in [0, 0.1) is 6.92 Å². The van der Waals surface area contributed by atoms with Crippen LogP contribution in [-0.4, -0.2) is 44.3 Å². The number of aryl methyl sites for hydroxylation is 1. The lowest BCUT2D eigenvalue weighted by Gasteiger charge is -2.26. The van der Waals surface area contributed by atoms with E-state index < -0.39 is 28.5 Å². The van der Waals surface area contributed by atoms with Gasteiger partial charge in [-0.05, 0) is 43.9 Å². The maximum Gasteiger partial charge on any atom is 0.330 e. The molecule has 1 aromatic carbocycles. The molecular formula is C19H26N2O5S. The molecule has 27 heavy (non-hydrogen) atoms. The van der Waals surface area contributed by atoms with E-state index in [2.05, 4.69) is 5.32 Å². The summed E-state index contributed by atoms with van der Waals surface area (Å²) in [4.78, 5) is 23.6. The number of nitrogens with one attached hydrogen (secondary N) is 1. The molecule has 1 saturated heterocycles. The summed E-state index contributed by atoms with van der Waals surface area (Å²) in [6, 6.07) is 4.66. The molecule has 0 unspecified atom stereocenters. The highest BCUT2D eigenvalue weighted by molar-refractivity contribution is 7.89. The van der Waals surface area contributed by atoms with Crippen molar-refractivity contribution < 1.29 is 22.7 Å². The SMILES string of the molecule is CC/C=C/C(=O)OCC(=O)Nc1cc(S(=O)(=O)N2CCCCC2)ccc1C. The van der Waals surface area contributed by atoms with Crippen LogP contribution in [0.3, 0.4) is 0 Å². The first kappa shape index (κ1) is 21.1. The lowest BCUT2D eigenvalue weighted by Crippen LogP contribution is -2.35. The number of nitrogens with zero attached hydrogens (tertiary/aromatic N) is 1. The molecule has 1 aromatic rings. The van der Waals surface area contributed by atoms with E-state index in [0.29, 0.717) is 25.2 Å². The van der Waals surface area contributed by atoms with Gasteiger partial charge < -0.3 is 10.1 Å². The van der Waals surface area contributed by atoms with Crippen molar-refractivity contribution in [2.45, 2.75) is 44.4 Å². The maximum absolute atomic E-state index is 12.8. The van der Waals surface area contributed by atoms with E-state index in [9.17, 15) is 18.0 Å². The molecule has 2 rings (SSSR count). The molecule has 1 aliphatic rings. The van der Waals surface area contributed by atoms with Gasteiger partial charge in [0, 0.05) is 24.9 Å². The van der Waals surface area contributed by atoms with Gasteiger partial charge in [-0.1, -0.05) is 25.5 Å². The molecule has 1 N–H and O–H groups in total. The fourth-order valence-corrected chi connectivity index (χ4v) is 4.28. The summed E-state index contributed by atoms with van der Waals surface area (Å²) in [5, 5.41) is 2.61. The molecule has 0 saturated carbocycles. The van der Waals surface area contributed by atoms with E-state index in [1.54, 1.807) is 25.1 Å². The molecule has 148 valence electrons. The summed E-state index contributed by atoms with van der Waals surface area (Å²) in [6.45, 7) is 4.24. The molecule has 0 aliphatic carbocycles. The number of carbonyl (C=O) groups is 2. The second-order valence-corrected chi connectivity index (χ2v) is 8.35. The van der Waals surface area contributed by atoms with Crippen LogP contribution in [0.15, 0.2) is 35.2 Å². The van der Waals surface area contributed by atoms with E-state index >= 15 is 0 Å². The minimum atomic E-state index is -3.59. The van der Waals surface area contributed by atoms with Gasteiger partial charge in [-0.3, -0.25) is 4.79 Å².